The zero-order valence-electron chi connectivity index (χ0n) is 84.1. The van der Waals surface area contributed by atoms with Gasteiger partial charge in [-0.2, -0.15) is 0 Å². The van der Waals surface area contributed by atoms with Crippen LogP contribution in [0.2, 0.25) is 0 Å². The Hall–Kier alpha value is -17.6. The molecule has 3 aromatic heterocycles. The second-order valence-electron chi connectivity index (χ2n) is 41.3. The minimum Gasteiger partial charge on any atom is -0.228 e. The van der Waals surface area contributed by atoms with Crippen LogP contribution in [-0.4, -0.2) is 29.9 Å². The maximum atomic E-state index is 5.26. The van der Waals surface area contributed by atoms with Gasteiger partial charge >= 0.3 is 0 Å². The molecule has 0 aliphatic heterocycles. The molecular formula is C144H112N6. The first-order valence-electron chi connectivity index (χ1n) is 53.7. The zero-order valence-corrected chi connectivity index (χ0v) is 84.1. The van der Waals surface area contributed by atoms with Crippen molar-refractivity contribution in [1.82, 2.24) is 29.9 Å². The minimum atomic E-state index is 0.115. The van der Waals surface area contributed by atoms with E-state index in [0.29, 0.717) is 0 Å². The van der Waals surface area contributed by atoms with Crippen LogP contribution in [0.25, 0.3) is 213 Å². The van der Waals surface area contributed by atoms with Crippen molar-refractivity contribution in [2.75, 3.05) is 0 Å². The minimum absolute atomic E-state index is 0.115. The third-order valence-corrected chi connectivity index (χ3v) is 32.8. The van der Waals surface area contributed by atoms with Crippen molar-refractivity contribution in [1.29, 1.82) is 0 Å². The Morgan fingerprint density at radius 1 is 0.120 bits per heavy atom. The number of rotatable bonds is 16. The fourth-order valence-electron chi connectivity index (χ4n) is 25.5. The summed E-state index contributed by atoms with van der Waals surface area (Å²) in [5, 5.41) is 0. The topological polar surface area (TPSA) is 77.3 Å². The summed E-state index contributed by atoms with van der Waals surface area (Å²) in [5.74, 6) is 2.18. The van der Waals surface area contributed by atoms with Gasteiger partial charge in [0.1, 0.15) is 0 Å². The molecule has 22 aromatic rings. The molecule has 6 aliphatic rings. The molecule has 3 spiro atoms. The first-order chi connectivity index (χ1) is 74.3. The summed E-state index contributed by atoms with van der Waals surface area (Å²) in [7, 11) is 0. The highest BCUT2D eigenvalue weighted by atomic mass is 14.9. The molecule has 6 aliphatic carbocycles. The fraction of sp³-hybridized carbons (Fsp3) is 0.125. The summed E-state index contributed by atoms with van der Waals surface area (Å²) >= 11 is 0. The number of benzene rings is 19. The highest BCUT2D eigenvalue weighted by molar-refractivity contribution is 5.99. The summed E-state index contributed by atoms with van der Waals surface area (Å²) < 4.78 is 0. The Morgan fingerprint density at radius 2 is 0.307 bits per heavy atom. The number of fused-ring (bicyclic) bond motifs is 15. The van der Waals surface area contributed by atoms with Crippen molar-refractivity contribution in [3.63, 3.8) is 0 Å². The lowest BCUT2D eigenvalue weighted by molar-refractivity contribution is 0.353. The summed E-state index contributed by atoms with van der Waals surface area (Å²) in [6, 6.07) is 179. The molecule has 3 fully saturated rings. The van der Waals surface area contributed by atoms with Crippen molar-refractivity contribution < 1.29 is 0 Å². The Morgan fingerprint density at radius 3 is 0.613 bits per heavy atom. The number of aromatic nitrogens is 6. The maximum absolute atomic E-state index is 5.26. The van der Waals surface area contributed by atoms with Gasteiger partial charge in [-0.05, 0) is 201 Å². The molecule has 0 atom stereocenters. The molecular weight excluding hydrogens is 1810 g/mol. The monoisotopic (exact) mass is 1920 g/mol. The Kier molecular flexibility index (Phi) is 24.8. The lowest BCUT2D eigenvalue weighted by atomic mass is 9.67. The molecule has 0 saturated heterocycles. The van der Waals surface area contributed by atoms with Crippen LogP contribution >= 0.6 is 0 Å². The van der Waals surface area contributed by atoms with Gasteiger partial charge in [-0.25, -0.2) is 29.9 Å². The molecule has 0 amide bonds. The predicted molar refractivity (Wildman–Crippen MR) is 621 cm³/mol. The number of hydrogen-bond donors (Lipinski definition) is 0. The van der Waals surface area contributed by atoms with Crippen molar-refractivity contribution >= 4 is 0 Å². The van der Waals surface area contributed by atoms with Crippen molar-refractivity contribution in [3.05, 3.63) is 531 Å². The average molecular weight is 1930 g/mol. The SMILES string of the molecule is c1ccc(-c2cc(-c3ccccc3)nc(-c3ccc(-c4ccc(-c5ccc(-c6cccc7c6-c6ccccc6C76CCCCC6)cc5)cc4)cc3)n2)cc1.c1ccc(-c2ccc(-c3cc(-c4ccc(-c5cccc6c5-c5ccccc5C65CCCCC5)cc4)nc(-c4ccccc4)n3)cc2)cc1.c1ccc(-c2ccc(-c3cc(-c4ccccc4-c4cccc5c4-c4ccccc4C54CCCCC4)nc(-c4ccccc4)n3)cc2)cc1. The molecule has 19 aromatic carbocycles. The lowest BCUT2D eigenvalue weighted by Gasteiger charge is -2.36. The van der Waals surface area contributed by atoms with Crippen LogP contribution in [0.5, 0.6) is 0 Å². The lowest BCUT2D eigenvalue weighted by Crippen LogP contribution is -2.27. The molecule has 0 N–H and O–H groups in total. The van der Waals surface area contributed by atoms with E-state index < -0.39 is 0 Å². The van der Waals surface area contributed by atoms with E-state index in [4.69, 9.17) is 29.9 Å². The molecule has 6 nitrogen and oxygen atoms in total. The van der Waals surface area contributed by atoms with E-state index in [1.165, 1.54) is 224 Å². The first-order valence-corrected chi connectivity index (χ1v) is 53.7. The van der Waals surface area contributed by atoms with E-state index in [2.05, 4.69) is 437 Å². The zero-order chi connectivity index (χ0) is 99.7. The molecule has 3 heterocycles. The number of hydrogen-bond acceptors (Lipinski definition) is 6. The van der Waals surface area contributed by atoms with Crippen LogP contribution in [0.4, 0.5) is 0 Å². The fourth-order valence-corrected chi connectivity index (χ4v) is 25.5. The van der Waals surface area contributed by atoms with E-state index in [-0.39, 0.29) is 16.2 Å². The van der Waals surface area contributed by atoms with Crippen LogP contribution < -0.4 is 0 Å². The van der Waals surface area contributed by atoms with E-state index in [0.717, 1.165) is 107 Å². The van der Waals surface area contributed by atoms with Gasteiger partial charge in [-0.15, -0.1) is 0 Å². The van der Waals surface area contributed by atoms with Crippen LogP contribution in [-0.2, 0) is 16.2 Å². The molecule has 0 bridgehead atoms. The Labute approximate surface area is 879 Å². The highest BCUT2D eigenvalue weighted by Crippen LogP contribution is 2.62. The van der Waals surface area contributed by atoms with Crippen molar-refractivity contribution in [2.24, 2.45) is 0 Å². The second kappa shape index (κ2) is 40.3. The Bertz CT molecular complexity index is 8620. The van der Waals surface area contributed by atoms with Gasteiger partial charge in [0, 0.05) is 66.3 Å². The van der Waals surface area contributed by atoms with Crippen LogP contribution in [0.3, 0.4) is 0 Å². The molecule has 0 unspecified atom stereocenters. The van der Waals surface area contributed by atoms with Gasteiger partial charge in [0.15, 0.2) is 17.5 Å². The van der Waals surface area contributed by atoms with Crippen LogP contribution in [0.15, 0.2) is 497 Å². The third-order valence-electron chi connectivity index (χ3n) is 32.8. The van der Waals surface area contributed by atoms with Gasteiger partial charge in [-0.3, -0.25) is 0 Å². The van der Waals surface area contributed by atoms with Gasteiger partial charge in [-0.1, -0.05) is 537 Å². The molecule has 6 heteroatoms. The molecule has 718 valence electrons. The van der Waals surface area contributed by atoms with Crippen LogP contribution in [0.1, 0.15) is 130 Å². The summed E-state index contributed by atoms with van der Waals surface area (Å²) in [6.07, 6.45) is 19.3. The molecule has 150 heavy (non-hydrogen) atoms. The van der Waals surface area contributed by atoms with Crippen molar-refractivity contribution in [3.8, 4) is 213 Å². The van der Waals surface area contributed by atoms with Gasteiger partial charge in [0.2, 0.25) is 0 Å². The van der Waals surface area contributed by atoms with E-state index in [9.17, 15) is 0 Å². The van der Waals surface area contributed by atoms with Crippen molar-refractivity contribution in [2.45, 2.75) is 113 Å². The Balaban J connectivity index is 0.000000114. The quantitative estimate of drug-likeness (QED) is 0.0959. The normalized spacial score (nSPS) is 14.3. The molecule has 28 rings (SSSR count). The summed E-state index contributed by atoms with van der Waals surface area (Å²) in [5.41, 5.74) is 50.4. The van der Waals surface area contributed by atoms with Crippen LogP contribution in [0, 0.1) is 0 Å². The van der Waals surface area contributed by atoms with E-state index >= 15 is 0 Å². The van der Waals surface area contributed by atoms with Gasteiger partial charge in [0.05, 0.1) is 34.2 Å². The largest absolute Gasteiger partial charge is 0.228 e. The molecule has 3 saturated carbocycles. The third kappa shape index (κ3) is 17.4. The highest BCUT2D eigenvalue weighted by Gasteiger charge is 2.48. The smallest absolute Gasteiger partial charge is 0.160 e. The average Bonchev–Trinajstić information content (AvgIpc) is 1.56. The maximum Gasteiger partial charge on any atom is 0.160 e. The predicted octanol–water partition coefficient (Wildman–Crippen LogP) is 37.8. The van der Waals surface area contributed by atoms with E-state index in [1.54, 1.807) is 11.1 Å². The summed E-state index contributed by atoms with van der Waals surface area (Å²) in [6.45, 7) is 0. The molecule has 0 radical (unpaired) electrons. The first kappa shape index (κ1) is 92.3. The standard InChI is InChI=1S/C52H40N2.2C46H36N2/c1-4-13-41(14-5-1)48-35-49(42-15-6-2-7-16-42)54-51(53-48)43-31-27-39(28-32-43)37-23-21-36(22-24-37)38-25-29-40(30-26-38)44-18-12-20-47-50(44)45-17-8-9-19-46(45)52(47)33-10-3-11-34-52;1-4-15-32(16-5-1)33-25-27-34(28-26-33)42-31-43(48-45(47-42)35-17-6-2-7-18-35)37-20-9-8-19-36(37)38-22-14-24-41-44(38)39-21-10-11-23-40(39)46(41)29-12-3-13-30-46;1-4-13-32(14-5-1)33-21-25-35(26-22-33)42-31-43(48-45(47-42)37-15-6-2-7-16-37)36-27-23-34(24-28-36)38-18-12-20-41-44(38)39-17-8-9-19-40(39)46(41)29-10-3-11-30-46/h1-2,4-9,12-32,35H,3,10-11,33-34H2;1-2,4-11,14-28,31H,3,12-13,29-30H2;1-2,4-9,12-28,31H,3,10-11,29-30H2. The van der Waals surface area contributed by atoms with E-state index in [1.807, 2.05) is 60.7 Å². The second-order valence-corrected chi connectivity index (χ2v) is 41.3. The number of nitrogens with zero attached hydrogens (tertiary/aromatic N) is 6. The summed E-state index contributed by atoms with van der Waals surface area (Å²) in [4.78, 5) is 30.6. The van der Waals surface area contributed by atoms with Gasteiger partial charge in [0.25, 0.3) is 0 Å². The van der Waals surface area contributed by atoms with Gasteiger partial charge < -0.3 is 0 Å².